The van der Waals surface area contributed by atoms with Crippen LogP contribution in [0.5, 0.6) is 0 Å². The van der Waals surface area contributed by atoms with Crippen molar-refractivity contribution in [1.82, 2.24) is 4.90 Å². The maximum absolute atomic E-state index is 12.0. The third-order valence-electron chi connectivity index (χ3n) is 2.19. The highest BCUT2D eigenvalue weighted by Gasteiger charge is 2.18. The van der Waals surface area contributed by atoms with Crippen LogP contribution >= 0.6 is 0 Å². The van der Waals surface area contributed by atoms with Crippen molar-refractivity contribution in [3.8, 4) is 0 Å². The van der Waals surface area contributed by atoms with Gasteiger partial charge < -0.3 is 10.6 Å². The van der Waals surface area contributed by atoms with E-state index in [1.54, 1.807) is 29.2 Å². The van der Waals surface area contributed by atoms with E-state index in [0.717, 1.165) is 6.54 Å². The van der Waals surface area contributed by atoms with Crippen molar-refractivity contribution in [2.24, 2.45) is 5.41 Å². The molecule has 1 aromatic carbocycles. The number of amides is 1. The average Bonchev–Trinajstić information content (AvgIpc) is 2.14. The van der Waals surface area contributed by atoms with Crippen molar-refractivity contribution in [3.63, 3.8) is 0 Å². The Labute approximate surface area is 97.2 Å². The molecule has 0 aliphatic rings. The second-order valence-corrected chi connectivity index (χ2v) is 5.35. The SMILES string of the molecule is CN(CC(C)(C)C)C(=O)c1cccc(N)c1. The summed E-state index contributed by atoms with van der Waals surface area (Å²) in [6.07, 6.45) is 0. The summed E-state index contributed by atoms with van der Waals surface area (Å²) >= 11 is 0. The number of carbonyl (C=O) groups is 1. The van der Waals surface area contributed by atoms with Crippen molar-refractivity contribution < 1.29 is 4.79 Å². The summed E-state index contributed by atoms with van der Waals surface area (Å²) in [5, 5.41) is 0. The van der Waals surface area contributed by atoms with Gasteiger partial charge in [-0.3, -0.25) is 4.79 Å². The zero-order chi connectivity index (χ0) is 12.3. The molecule has 3 nitrogen and oxygen atoms in total. The van der Waals surface area contributed by atoms with Gasteiger partial charge in [-0.25, -0.2) is 0 Å². The van der Waals surface area contributed by atoms with Crippen LogP contribution in [0.1, 0.15) is 31.1 Å². The lowest BCUT2D eigenvalue weighted by molar-refractivity contribution is 0.0745. The molecule has 0 unspecified atom stereocenters. The van der Waals surface area contributed by atoms with E-state index in [4.69, 9.17) is 5.73 Å². The summed E-state index contributed by atoms with van der Waals surface area (Å²) in [6.45, 7) is 7.04. The van der Waals surface area contributed by atoms with Gasteiger partial charge in [0.25, 0.3) is 5.91 Å². The molecule has 0 fully saturated rings. The summed E-state index contributed by atoms with van der Waals surface area (Å²) in [5.74, 6) is 0.0159. The second-order valence-electron chi connectivity index (χ2n) is 5.35. The van der Waals surface area contributed by atoms with E-state index in [9.17, 15) is 4.79 Å². The van der Waals surface area contributed by atoms with Gasteiger partial charge in [-0.1, -0.05) is 26.8 Å². The molecule has 1 rings (SSSR count). The zero-order valence-corrected chi connectivity index (χ0v) is 10.4. The van der Waals surface area contributed by atoms with Crippen LogP contribution in [0, 0.1) is 5.41 Å². The monoisotopic (exact) mass is 220 g/mol. The number of anilines is 1. The molecule has 16 heavy (non-hydrogen) atoms. The van der Waals surface area contributed by atoms with Crippen molar-refractivity contribution in [1.29, 1.82) is 0 Å². The van der Waals surface area contributed by atoms with E-state index in [0.29, 0.717) is 11.3 Å². The molecule has 0 atom stereocenters. The third kappa shape index (κ3) is 3.57. The molecular formula is C13H20N2O. The molecule has 88 valence electrons. The summed E-state index contributed by atoms with van der Waals surface area (Å²) in [6, 6.07) is 7.08. The summed E-state index contributed by atoms with van der Waals surface area (Å²) in [5.41, 5.74) is 7.02. The fourth-order valence-corrected chi connectivity index (χ4v) is 1.68. The molecular weight excluding hydrogens is 200 g/mol. The van der Waals surface area contributed by atoms with E-state index in [1.165, 1.54) is 0 Å². The van der Waals surface area contributed by atoms with Gasteiger partial charge in [0.05, 0.1) is 0 Å². The highest BCUT2D eigenvalue weighted by atomic mass is 16.2. The minimum absolute atomic E-state index is 0.0159. The lowest BCUT2D eigenvalue weighted by Crippen LogP contribution is -2.34. The van der Waals surface area contributed by atoms with Gasteiger partial charge in [0.15, 0.2) is 0 Å². The molecule has 0 spiro atoms. The molecule has 0 aliphatic carbocycles. The van der Waals surface area contributed by atoms with Gasteiger partial charge in [0, 0.05) is 24.8 Å². The minimum Gasteiger partial charge on any atom is -0.399 e. The van der Waals surface area contributed by atoms with E-state index in [1.807, 2.05) is 7.05 Å². The predicted octanol–water partition coefficient (Wildman–Crippen LogP) is 2.39. The van der Waals surface area contributed by atoms with Crippen molar-refractivity contribution in [2.45, 2.75) is 20.8 Å². The van der Waals surface area contributed by atoms with Crippen LogP contribution in [0.4, 0.5) is 5.69 Å². The van der Waals surface area contributed by atoms with Crippen LogP contribution in [-0.2, 0) is 0 Å². The molecule has 1 amide bonds. The Bertz CT molecular complexity index is 380. The number of carbonyl (C=O) groups excluding carboxylic acids is 1. The number of nitrogen functional groups attached to an aromatic ring is 1. The number of hydrogen-bond acceptors (Lipinski definition) is 2. The van der Waals surface area contributed by atoms with E-state index in [2.05, 4.69) is 20.8 Å². The molecule has 0 radical (unpaired) electrons. The minimum atomic E-state index is 0.0159. The lowest BCUT2D eigenvalue weighted by Gasteiger charge is -2.26. The second kappa shape index (κ2) is 4.56. The van der Waals surface area contributed by atoms with Crippen LogP contribution in [-0.4, -0.2) is 24.4 Å². The maximum atomic E-state index is 12.0. The molecule has 3 heteroatoms. The molecule has 0 heterocycles. The van der Waals surface area contributed by atoms with Crippen molar-refractivity contribution >= 4 is 11.6 Å². The fourth-order valence-electron chi connectivity index (χ4n) is 1.68. The first-order valence-electron chi connectivity index (χ1n) is 5.40. The van der Waals surface area contributed by atoms with Gasteiger partial charge in [-0.2, -0.15) is 0 Å². The Morgan fingerprint density at radius 1 is 1.38 bits per heavy atom. The largest absolute Gasteiger partial charge is 0.399 e. The number of benzene rings is 1. The normalized spacial score (nSPS) is 11.2. The topological polar surface area (TPSA) is 46.3 Å². The molecule has 0 saturated heterocycles. The highest BCUT2D eigenvalue weighted by molar-refractivity contribution is 5.94. The van der Waals surface area contributed by atoms with Crippen molar-refractivity contribution in [2.75, 3.05) is 19.3 Å². The first kappa shape index (κ1) is 12.6. The van der Waals surface area contributed by atoms with Gasteiger partial charge in [-0.15, -0.1) is 0 Å². The van der Waals surface area contributed by atoms with Crippen LogP contribution in [0.15, 0.2) is 24.3 Å². The number of nitrogens with two attached hydrogens (primary N) is 1. The first-order chi connectivity index (χ1) is 7.29. The van der Waals surface area contributed by atoms with Crippen LogP contribution in [0.3, 0.4) is 0 Å². The molecule has 1 aromatic rings. The summed E-state index contributed by atoms with van der Waals surface area (Å²) in [7, 11) is 1.82. The smallest absolute Gasteiger partial charge is 0.253 e. The quantitative estimate of drug-likeness (QED) is 0.778. The third-order valence-corrected chi connectivity index (χ3v) is 2.19. The van der Waals surface area contributed by atoms with Gasteiger partial charge in [-0.05, 0) is 23.6 Å². The molecule has 0 saturated carbocycles. The highest BCUT2D eigenvalue weighted by Crippen LogP contribution is 2.16. The maximum Gasteiger partial charge on any atom is 0.253 e. The Morgan fingerprint density at radius 2 is 2.00 bits per heavy atom. The number of nitrogens with zero attached hydrogens (tertiary/aromatic N) is 1. The molecule has 0 aromatic heterocycles. The predicted molar refractivity (Wildman–Crippen MR) is 67.3 cm³/mol. The Hall–Kier alpha value is -1.51. The van der Waals surface area contributed by atoms with E-state index >= 15 is 0 Å². The van der Waals surface area contributed by atoms with E-state index in [-0.39, 0.29) is 11.3 Å². The summed E-state index contributed by atoms with van der Waals surface area (Å²) < 4.78 is 0. The van der Waals surface area contributed by atoms with Crippen LogP contribution in [0.2, 0.25) is 0 Å². The standard InChI is InChI=1S/C13H20N2O/c1-13(2,3)9-15(4)12(16)10-6-5-7-11(14)8-10/h5-8H,9,14H2,1-4H3. The fraction of sp³-hybridized carbons (Fsp3) is 0.462. The van der Waals surface area contributed by atoms with E-state index < -0.39 is 0 Å². The van der Waals surface area contributed by atoms with Crippen LogP contribution in [0.25, 0.3) is 0 Å². The average molecular weight is 220 g/mol. The number of rotatable bonds is 2. The number of hydrogen-bond donors (Lipinski definition) is 1. The Morgan fingerprint density at radius 3 is 2.50 bits per heavy atom. The van der Waals surface area contributed by atoms with Gasteiger partial charge in [0.2, 0.25) is 0 Å². The molecule has 2 N–H and O–H groups in total. The summed E-state index contributed by atoms with van der Waals surface area (Å²) in [4.78, 5) is 13.8. The molecule has 0 aliphatic heterocycles. The Kier molecular flexibility index (Phi) is 3.58. The van der Waals surface area contributed by atoms with Crippen LogP contribution < -0.4 is 5.73 Å². The lowest BCUT2D eigenvalue weighted by atomic mass is 9.96. The van der Waals surface area contributed by atoms with Crippen molar-refractivity contribution in [3.05, 3.63) is 29.8 Å². The van der Waals surface area contributed by atoms with Gasteiger partial charge >= 0.3 is 0 Å². The van der Waals surface area contributed by atoms with Gasteiger partial charge in [0.1, 0.15) is 0 Å². The first-order valence-corrected chi connectivity index (χ1v) is 5.40. The zero-order valence-electron chi connectivity index (χ0n) is 10.4. The molecule has 0 bridgehead atoms. The Balaban J connectivity index is 2.78.